The Labute approximate surface area is 157 Å². The molecule has 140 valence electrons. The van der Waals surface area contributed by atoms with E-state index in [0.29, 0.717) is 11.5 Å². The molecule has 27 heavy (non-hydrogen) atoms. The molecule has 2 aromatic carbocycles. The number of benzene rings is 2. The number of fused-ring (bicyclic) bond motifs is 1. The topological polar surface area (TPSA) is 80.4 Å². The fourth-order valence-corrected chi connectivity index (χ4v) is 3.12. The summed E-state index contributed by atoms with van der Waals surface area (Å²) >= 11 is 0. The highest BCUT2D eigenvalue weighted by Crippen LogP contribution is 2.27. The van der Waals surface area contributed by atoms with Gasteiger partial charge in [-0.2, -0.15) is 0 Å². The van der Waals surface area contributed by atoms with E-state index in [4.69, 9.17) is 9.47 Å². The normalized spacial score (nSPS) is 10.7. The first-order valence-electron chi connectivity index (χ1n) is 8.56. The zero-order chi connectivity index (χ0) is 19.6. The van der Waals surface area contributed by atoms with Crippen LogP contribution in [-0.4, -0.2) is 25.1 Å². The number of pyridine rings is 1. The van der Waals surface area contributed by atoms with E-state index in [1.165, 1.54) is 0 Å². The van der Waals surface area contributed by atoms with Gasteiger partial charge >= 0.3 is 0 Å². The van der Waals surface area contributed by atoms with Gasteiger partial charge in [0.15, 0.2) is 11.5 Å². The first kappa shape index (κ1) is 18.5. The minimum Gasteiger partial charge on any atom is -0.493 e. The SMILES string of the molecule is COc1ccc(CNC(=O)c2cc3cc(C)cc(C)c3[nH]c2=O)cc1OC. The second-order valence-corrected chi connectivity index (χ2v) is 6.43. The minimum atomic E-state index is -0.424. The molecule has 1 aromatic heterocycles. The van der Waals surface area contributed by atoms with E-state index in [1.807, 2.05) is 32.0 Å². The monoisotopic (exact) mass is 366 g/mol. The molecule has 0 atom stereocenters. The van der Waals surface area contributed by atoms with E-state index >= 15 is 0 Å². The van der Waals surface area contributed by atoms with Gasteiger partial charge in [-0.1, -0.05) is 17.7 Å². The van der Waals surface area contributed by atoms with Crippen LogP contribution >= 0.6 is 0 Å². The first-order valence-corrected chi connectivity index (χ1v) is 8.56. The van der Waals surface area contributed by atoms with Crippen LogP contribution in [0.5, 0.6) is 11.5 Å². The van der Waals surface area contributed by atoms with Crippen molar-refractivity contribution >= 4 is 16.8 Å². The molecule has 6 heteroatoms. The lowest BCUT2D eigenvalue weighted by molar-refractivity contribution is 0.0949. The zero-order valence-corrected chi connectivity index (χ0v) is 15.8. The maximum absolute atomic E-state index is 12.5. The summed E-state index contributed by atoms with van der Waals surface area (Å²) in [5.41, 5.74) is 3.32. The summed E-state index contributed by atoms with van der Waals surface area (Å²) in [6.45, 7) is 4.18. The number of hydrogen-bond donors (Lipinski definition) is 2. The number of hydrogen-bond acceptors (Lipinski definition) is 4. The lowest BCUT2D eigenvalue weighted by Crippen LogP contribution is -2.29. The van der Waals surface area contributed by atoms with Gasteiger partial charge in [0, 0.05) is 6.54 Å². The van der Waals surface area contributed by atoms with Gasteiger partial charge in [-0.15, -0.1) is 0 Å². The summed E-state index contributed by atoms with van der Waals surface area (Å²) in [5.74, 6) is 0.773. The van der Waals surface area contributed by atoms with Crippen molar-refractivity contribution in [1.29, 1.82) is 0 Å². The third-order valence-electron chi connectivity index (χ3n) is 4.44. The molecule has 0 saturated heterocycles. The van der Waals surface area contributed by atoms with Crippen LogP contribution < -0.4 is 20.3 Å². The molecule has 1 amide bonds. The van der Waals surface area contributed by atoms with Crippen molar-refractivity contribution in [2.75, 3.05) is 14.2 Å². The van der Waals surface area contributed by atoms with Crippen LogP contribution in [0, 0.1) is 13.8 Å². The summed E-state index contributed by atoms with van der Waals surface area (Å²) in [6.07, 6.45) is 0. The number of aryl methyl sites for hydroxylation is 2. The number of aromatic amines is 1. The Morgan fingerprint density at radius 3 is 2.48 bits per heavy atom. The summed E-state index contributed by atoms with van der Waals surface area (Å²) < 4.78 is 10.5. The number of H-pyrrole nitrogens is 1. The molecule has 0 saturated carbocycles. The van der Waals surface area contributed by atoms with Crippen molar-refractivity contribution in [3.63, 3.8) is 0 Å². The molecular formula is C21H22N2O4. The maximum Gasteiger partial charge on any atom is 0.261 e. The zero-order valence-electron chi connectivity index (χ0n) is 15.8. The summed E-state index contributed by atoms with van der Waals surface area (Å²) in [4.78, 5) is 27.7. The van der Waals surface area contributed by atoms with Gasteiger partial charge in [0.1, 0.15) is 5.56 Å². The third-order valence-corrected chi connectivity index (χ3v) is 4.44. The molecule has 0 spiro atoms. The van der Waals surface area contributed by atoms with Gasteiger partial charge in [-0.05, 0) is 54.6 Å². The number of rotatable bonds is 5. The van der Waals surface area contributed by atoms with E-state index in [-0.39, 0.29) is 12.1 Å². The molecule has 3 rings (SSSR count). The standard InChI is InChI=1S/C21H22N2O4/c1-12-7-13(2)19-15(8-12)10-16(21(25)23-19)20(24)22-11-14-5-6-17(26-3)18(9-14)27-4/h5-10H,11H2,1-4H3,(H,22,24)(H,23,25). The van der Waals surface area contributed by atoms with Gasteiger partial charge in [-0.25, -0.2) is 0 Å². The summed E-state index contributed by atoms with van der Waals surface area (Å²) in [7, 11) is 3.12. The van der Waals surface area contributed by atoms with Crippen LogP contribution in [0.4, 0.5) is 0 Å². The largest absolute Gasteiger partial charge is 0.493 e. The first-order chi connectivity index (χ1) is 12.9. The van der Waals surface area contributed by atoms with Crippen molar-refractivity contribution < 1.29 is 14.3 Å². The number of aromatic nitrogens is 1. The Balaban J connectivity index is 1.84. The predicted molar refractivity (Wildman–Crippen MR) is 105 cm³/mol. The van der Waals surface area contributed by atoms with Crippen molar-refractivity contribution in [3.8, 4) is 11.5 Å². The Hall–Kier alpha value is -3.28. The Morgan fingerprint density at radius 2 is 1.78 bits per heavy atom. The lowest BCUT2D eigenvalue weighted by atomic mass is 10.1. The number of methoxy groups -OCH3 is 2. The molecule has 0 unspecified atom stereocenters. The second kappa shape index (κ2) is 7.53. The lowest BCUT2D eigenvalue weighted by Gasteiger charge is -2.11. The second-order valence-electron chi connectivity index (χ2n) is 6.43. The molecule has 0 fully saturated rings. The van der Waals surface area contributed by atoms with Crippen molar-refractivity contribution in [2.24, 2.45) is 0 Å². The fraction of sp³-hybridized carbons (Fsp3) is 0.238. The summed E-state index contributed by atoms with van der Waals surface area (Å²) in [6, 6.07) is 11.0. The van der Waals surface area contributed by atoms with Gasteiger partial charge in [0.05, 0.1) is 19.7 Å². The highest BCUT2D eigenvalue weighted by Gasteiger charge is 2.13. The van der Waals surface area contributed by atoms with Gasteiger partial charge in [0.25, 0.3) is 11.5 Å². The highest BCUT2D eigenvalue weighted by atomic mass is 16.5. The van der Waals surface area contributed by atoms with Crippen LogP contribution in [0.2, 0.25) is 0 Å². The molecule has 1 heterocycles. The quantitative estimate of drug-likeness (QED) is 0.727. The Kier molecular flexibility index (Phi) is 5.16. The molecule has 6 nitrogen and oxygen atoms in total. The van der Waals surface area contributed by atoms with E-state index in [9.17, 15) is 9.59 Å². The van der Waals surface area contributed by atoms with E-state index in [0.717, 1.165) is 27.6 Å². The molecule has 0 aliphatic carbocycles. The molecule has 3 aromatic rings. The smallest absolute Gasteiger partial charge is 0.261 e. The van der Waals surface area contributed by atoms with Crippen LogP contribution in [0.15, 0.2) is 41.2 Å². The summed E-state index contributed by atoms with van der Waals surface area (Å²) in [5, 5.41) is 3.62. The number of carbonyl (C=O) groups is 1. The highest BCUT2D eigenvalue weighted by molar-refractivity contribution is 5.97. The van der Waals surface area contributed by atoms with Gasteiger partial charge in [0.2, 0.25) is 0 Å². The molecule has 2 N–H and O–H groups in total. The fourth-order valence-electron chi connectivity index (χ4n) is 3.12. The van der Waals surface area contributed by atoms with Crippen molar-refractivity contribution in [1.82, 2.24) is 10.3 Å². The molecule has 0 aliphatic heterocycles. The van der Waals surface area contributed by atoms with E-state index in [2.05, 4.69) is 10.3 Å². The number of carbonyl (C=O) groups excluding carboxylic acids is 1. The van der Waals surface area contributed by atoms with E-state index in [1.54, 1.807) is 32.4 Å². The maximum atomic E-state index is 12.5. The van der Waals surface area contributed by atoms with Crippen molar-refractivity contribution in [3.05, 3.63) is 69.0 Å². The number of amides is 1. The van der Waals surface area contributed by atoms with E-state index < -0.39 is 11.5 Å². The van der Waals surface area contributed by atoms with Crippen LogP contribution in [0.1, 0.15) is 27.0 Å². The number of ether oxygens (including phenoxy) is 2. The Bertz CT molecular complexity index is 1070. The molecular weight excluding hydrogens is 344 g/mol. The number of nitrogens with one attached hydrogen (secondary N) is 2. The average molecular weight is 366 g/mol. The molecule has 0 bridgehead atoms. The van der Waals surface area contributed by atoms with Crippen LogP contribution in [0.3, 0.4) is 0 Å². The third kappa shape index (κ3) is 3.79. The van der Waals surface area contributed by atoms with Gasteiger partial charge in [-0.3, -0.25) is 9.59 Å². The van der Waals surface area contributed by atoms with Crippen LogP contribution in [0.25, 0.3) is 10.9 Å². The molecule has 0 radical (unpaired) electrons. The van der Waals surface area contributed by atoms with Gasteiger partial charge < -0.3 is 19.8 Å². The molecule has 0 aliphatic rings. The predicted octanol–water partition coefficient (Wildman–Crippen LogP) is 3.09. The minimum absolute atomic E-state index is 0.0907. The Morgan fingerprint density at radius 1 is 1.04 bits per heavy atom. The average Bonchev–Trinajstić information content (AvgIpc) is 2.66. The van der Waals surface area contributed by atoms with Crippen LogP contribution in [-0.2, 0) is 6.54 Å². The van der Waals surface area contributed by atoms with Crippen molar-refractivity contribution in [2.45, 2.75) is 20.4 Å².